The Morgan fingerprint density at radius 1 is 1.25 bits per heavy atom. The molecule has 0 bridgehead atoms. The Kier molecular flexibility index (Phi) is 2.37. The molecule has 0 radical (unpaired) electrons. The van der Waals surface area contributed by atoms with Gasteiger partial charge in [-0.15, -0.1) is 0 Å². The van der Waals surface area contributed by atoms with Crippen molar-refractivity contribution in [3.05, 3.63) is 24.3 Å². The van der Waals surface area contributed by atoms with Gasteiger partial charge in [-0.3, -0.25) is 10.4 Å². The van der Waals surface area contributed by atoms with Crippen LogP contribution in [0, 0.1) is 0 Å². The molecule has 86 valence electrons. The molecule has 0 unspecified atom stereocenters. The quantitative estimate of drug-likeness (QED) is 0.719. The second-order valence-electron chi connectivity index (χ2n) is 3.28. The number of aliphatic imine (C=N–C) groups is 1. The van der Waals surface area contributed by atoms with Crippen LogP contribution in [0.2, 0.25) is 0 Å². The van der Waals surface area contributed by atoms with E-state index in [1.54, 1.807) is 24.3 Å². The average Bonchev–Trinajstić information content (AvgIpc) is 2.67. The Labute approximate surface area is 89.5 Å². The third kappa shape index (κ3) is 2.02. The minimum atomic E-state index is -4.44. The predicted octanol–water partition coefficient (Wildman–Crippen LogP) is 1.51. The van der Waals surface area contributed by atoms with E-state index in [0.29, 0.717) is 11.4 Å². The Balaban J connectivity index is 2.09. The van der Waals surface area contributed by atoms with Crippen molar-refractivity contribution in [1.29, 1.82) is 0 Å². The van der Waals surface area contributed by atoms with E-state index in [1.165, 1.54) is 5.01 Å². The molecule has 0 amide bonds. The molecule has 1 heterocycles. The third-order valence-electron chi connectivity index (χ3n) is 2.08. The highest BCUT2D eigenvalue weighted by atomic mass is 19.4. The summed E-state index contributed by atoms with van der Waals surface area (Å²) in [6, 6.07) is 6.47. The minimum Gasteiger partial charge on any atom is -0.399 e. The number of benzene rings is 1. The zero-order chi connectivity index (χ0) is 11.8. The number of nitrogens with two attached hydrogens (primary N) is 1. The van der Waals surface area contributed by atoms with E-state index in [-0.39, 0.29) is 6.67 Å². The second kappa shape index (κ2) is 3.58. The van der Waals surface area contributed by atoms with Crippen LogP contribution in [0.4, 0.5) is 24.5 Å². The lowest BCUT2D eigenvalue weighted by molar-refractivity contribution is -0.0611. The molecule has 2 rings (SSSR count). The smallest absolute Gasteiger partial charge is 0.399 e. The molecular weight excluding hydrogens is 221 g/mol. The Morgan fingerprint density at radius 2 is 1.88 bits per heavy atom. The van der Waals surface area contributed by atoms with Gasteiger partial charge in [-0.05, 0) is 24.3 Å². The fourth-order valence-electron chi connectivity index (χ4n) is 1.29. The molecule has 0 fully saturated rings. The molecule has 0 spiro atoms. The summed E-state index contributed by atoms with van der Waals surface area (Å²) in [5.41, 5.74) is 8.79. The summed E-state index contributed by atoms with van der Waals surface area (Å²) in [6.07, 6.45) is -4.44. The highest BCUT2D eigenvalue weighted by molar-refractivity contribution is 5.90. The number of nitrogens with zero attached hydrogens (tertiary/aromatic N) is 2. The number of hydrogen-bond acceptors (Lipinski definition) is 4. The summed E-state index contributed by atoms with van der Waals surface area (Å²) in [6.45, 7) is -0.0707. The maximum Gasteiger partial charge on any atom is 0.450 e. The number of nitrogen functional groups attached to an aromatic ring is 1. The zero-order valence-corrected chi connectivity index (χ0v) is 8.12. The normalized spacial score (nSPS) is 15.9. The Bertz CT molecular complexity index is 410. The highest BCUT2D eigenvalue weighted by Crippen LogP contribution is 2.22. The zero-order valence-electron chi connectivity index (χ0n) is 8.12. The van der Waals surface area contributed by atoms with Crippen molar-refractivity contribution in [2.75, 3.05) is 17.4 Å². The second-order valence-corrected chi connectivity index (χ2v) is 3.28. The van der Waals surface area contributed by atoms with Crippen LogP contribution in [0.5, 0.6) is 0 Å². The van der Waals surface area contributed by atoms with Crippen molar-refractivity contribution >= 4 is 17.2 Å². The van der Waals surface area contributed by atoms with Crippen LogP contribution in [0.1, 0.15) is 0 Å². The first kappa shape index (κ1) is 10.6. The van der Waals surface area contributed by atoms with Crippen LogP contribution in [-0.2, 0) is 0 Å². The van der Waals surface area contributed by atoms with E-state index < -0.39 is 12.0 Å². The van der Waals surface area contributed by atoms with Gasteiger partial charge in [-0.1, -0.05) is 0 Å². The molecule has 7 heteroatoms. The van der Waals surface area contributed by atoms with Crippen molar-refractivity contribution in [2.45, 2.75) is 6.18 Å². The standard InChI is InChI=1S/C9H9F3N4/c10-9(11,12)8-14-5-16(15-8)7-3-1-6(13)2-4-7/h1-4H,5,13H2,(H,14,15). The molecule has 16 heavy (non-hydrogen) atoms. The number of rotatable bonds is 1. The molecule has 1 aromatic carbocycles. The van der Waals surface area contributed by atoms with Gasteiger partial charge in [0.15, 0.2) is 0 Å². The van der Waals surface area contributed by atoms with Gasteiger partial charge in [-0.2, -0.15) is 13.2 Å². The van der Waals surface area contributed by atoms with Crippen molar-refractivity contribution < 1.29 is 13.2 Å². The molecule has 0 aromatic heterocycles. The SMILES string of the molecule is Nc1ccc(N2CN=C(C(F)(F)F)N2)cc1. The summed E-state index contributed by atoms with van der Waals surface area (Å²) in [7, 11) is 0. The molecule has 3 N–H and O–H groups in total. The number of anilines is 2. The number of hydrazine groups is 1. The number of alkyl halides is 3. The van der Waals surface area contributed by atoms with Gasteiger partial charge in [-0.25, -0.2) is 4.99 Å². The van der Waals surface area contributed by atoms with Gasteiger partial charge in [0.25, 0.3) is 0 Å². The summed E-state index contributed by atoms with van der Waals surface area (Å²) in [5.74, 6) is -0.982. The van der Waals surface area contributed by atoms with Gasteiger partial charge in [0, 0.05) is 5.69 Å². The monoisotopic (exact) mass is 230 g/mol. The van der Waals surface area contributed by atoms with E-state index in [9.17, 15) is 13.2 Å². The molecule has 1 aliphatic rings. The largest absolute Gasteiger partial charge is 0.450 e. The van der Waals surface area contributed by atoms with E-state index in [1.807, 2.05) is 0 Å². The number of nitrogens with one attached hydrogen (secondary N) is 1. The minimum absolute atomic E-state index is 0.0707. The summed E-state index contributed by atoms with van der Waals surface area (Å²) >= 11 is 0. The average molecular weight is 230 g/mol. The van der Waals surface area contributed by atoms with Crippen molar-refractivity contribution in [2.24, 2.45) is 4.99 Å². The van der Waals surface area contributed by atoms with Gasteiger partial charge in [0.2, 0.25) is 5.84 Å². The molecule has 0 aliphatic carbocycles. The Hall–Kier alpha value is -1.92. The molecule has 0 atom stereocenters. The molecule has 1 aromatic rings. The van der Waals surface area contributed by atoms with Crippen LogP contribution in [0.3, 0.4) is 0 Å². The summed E-state index contributed by atoms with van der Waals surface area (Å²) in [4.78, 5) is 3.36. The fraction of sp³-hybridized carbons (Fsp3) is 0.222. The molecule has 0 saturated carbocycles. The molecular formula is C9H9F3N4. The van der Waals surface area contributed by atoms with E-state index in [2.05, 4.69) is 10.4 Å². The lowest BCUT2D eigenvalue weighted by Gasteiger charge is -2.19. The molecule has 4 nitrogen and oxygen atoms in total. The van der Waals surface area contributed by atoms with Crippen molar-refractivity contribution in [3.63, 3.8) is 0 Å². The lowest BCUT2D eigenvalue weighted by Crippen LogP contribution is -2.42. The summed E-state index contributed by atoms with van der Waals surface area (Å²) in [5, 5.41) is 1.29. The molecule has 1 aliphatic heterocycles. The third-order valence-corrected chi connectivity index (χ3v) is 2.08. The Morgan fingerprint density at radius 3 is 2.38 bits per heavy atom. The lowest BCUT2D eigenvalue weighted by atomic mass is 10.3. The van der Waals surface area contributed by atoms with Crippen molar-refractivity contribution in [3.8, 4) is 0 Å². The van der Waals surface area contributed by atoms with Crippen LogP contribution in [0.15, 0.2) is 29.3 Å². The van der Waals surface area contributed by atoms with Crippen LogP contribution < -0.4 is 16.2 Å². The maximum atomic E-state index is 12.3. The summed E-state index contributed by atoms with van der Waals surface area (Å²) < 4.78 is 36.8. The number of amidine groups is 1. The number of halogens is 3. The first-order valence-electron chi connectivity index (χ1n) is 4.48. The van der Waals surface area contributed by atoms with Gasteiger partial charge in [0.05, 0.1) is 5.69 Å². The maximum absolute atomic E-state index is 12.3. The van der Waals surface area contributed by atoms with E-state index in [4.69, 9.17) is 5.73 Å². The van der Waals surface area contributed by atoms with Crippen LogP contribution >= 0.6 is 0 Å². The highest BCUT2D eigenvalue weighted by Gasteiger charge is 2.39. The molecule has 0 saturated heterocycles. The fourth-order valence-corrected chi connectivity index (χ4v) is 1.29. The topological polar surface area (TPSA) is 53.6 Å². The van der Waals surface area contributed by atoms with Gasteiger partial charge < -0.3 is 5.73 Å². The van der Waals surface area contributed by atoms with Crippen LogP contribution in [-0.4, -0.2) is 18.7 Å². The van der Waals surface area contributed by atoms with Crippen molar-refractivity contribution in [1.82, 2.24) is 5.43 Å². The first-order valence-corrected chi connectivity index (χ1v) is 4.48. The predicted molar refractivity (Wildman–Crippen MR) is 54.8 cm³/mol. The van der Waals surface area contributed by atoms with Gasteiger partial charge in [0.1, 0.15) is 6.67 Å². The van der Waals surface area contributed by atoms with Crippen LogP contribution in [0.25, 0.3) is 0 Å². The first-order chi connectivity index (χ1) is 7.47. The van der Waals surface area contributed by atoms with E-state index in [0.717, 1.165) is 0 Å². The number of hydrogen-bond donors (Lipinski definition) is 2. The van der Waals surface area contributed by atoms with E-state index >= 15 is 0 Å². The van der Waals surface area contributed by atoms with Gasteiger partial charge >= 0.3 is 6.18 Å².